The van der Waals surface area contributed by atoms with Crippen LogP contribution in [0.3, 0.4) is 0 Å². The highest BCUT2D eigenvalue weighted by Gasteiger charge is 1.89. The van der Waals surface area contributed by atoms with Crippen LogP contribution in [-0.2, 0) is 0 Å². The molecule has 0 spiro atoms. The van der Waals surface area contributed by atoms with Gasteiger partial charge in [-0.1, -0.05) is 12.0 Å². The summed E-state index contributed by atoms with van der Waals surface area (Å²) in [7, 11) is 1.62. The van der Waals surface area contributed by atoms with Gasteiger partial charge in [0.1, 0.15) is 5.75 Å². The molecule has 0 bridgehead atoms. The number of hydrogen-bond acceptors (Lipinski definition) is 1. The first kappa shape index (κ1) is 6.70. The van der Waals surface area contributed by atoms with Crippen molar-refractivity contribution in [2.45, 2.75) is 0 Å². The molecule has 0 aliphatic heterocycles. The Morgan fingerprint density at radius 3 is 2.90 bits per heavy atom. The Hall–Kier alpha value is -1.42. The van der Waals surface area contributed by atoms with Crippen LogP contribution in [0, 0.1) is 12.3 Å². The molecule has 0 atom stereocenters. The van der Waals surface area contributed by atoms with E-state index >= 15 is 0 Å². The number of terminal acetylenes is 1. The van der Waals surface area contributed by atoms with Crippen molar-refractivity contribution in [3.8, 4) is 18.1 Å². The van der Waals surface area contributed by atoms with E-state index in [-0.39, 0.29) is 0 Å². The normalized spacial score (nSPS) is 8.40. The second kappa shape index (κ2) is 2.93. The lowest BCUT2D eigenvalue weighted by molar-refractivity contribution is 0.414. The van der Waals surface area contributed by atoms with Crippen LogP contribution >= 0.6 is 0 Å². The molecular weight excluding hydrogens is 130 g/mol. The zero-order valence-electron chi connectivity index (χ0n) is 5.79. The molecule has 1 aromatic rings. The van der Waals surface area contributed by atoms with Crippen LogP contribution in [0.25, 0.3) is 0 Å². The molecule has 0 heterocycles. The molecule has 1 aromatic carbocycles. The van der Waals surface area contributed by atoms with E-state index in [9.17, 15) is 0 Å². The fraction of sp³-hybridized carbons (Fsp3) is 0.111. The van der Waals surface area contributed by atoms with Gasteiger partial charge in [-0.05, 0) is 18.2 Å². The van der Waals surface area contributed by atoms with Crippen LogP contribution in [0.1, 0.15) is 5.56 Å². The molecule has 0 fully saturated rings. The number of benzene rings is 1. The minimum atomic E-state index is 0.801. The van der Waals surface area contributed by atoms with Crippen LogP contribution in [0.4, 0.5) is 0 Å². The van der Waals surface area contributed by atoms with E-state index in [1.165, 1.54) is 0 Å². The Bertz CT molecular complexity index is 258. The summed E-state index contributed by atoms with van der Waals surface area (Å²) in [6.07, 6.45) is 5.17. The average Bonchev–Trinajstić information content (AvgIpc) is 2.05. The summed E-state index contributed by atoms with van der Waals surface area (Å²) in [5, 5.41) is 0. The first-order chi connectivity index (χ1) is 4.86. The van der Waals surface area contributed by atoms with Crippen LogP contribution in [0.15, 0.2) is 24.3 Å². The molecular formula is C9H8O. The zero-order chi connectivity index (χ0) is 7.40. The number of rotatable bonds is 1. The Morgan fingerprint density at radius 2 is 2.30 bits per heavy atom. The second-order valence-corrected chi connectivity index (χ2v) is 1.88. The third kappa shape index (κ3) is 1.29. The third-order valence-corrected chi connectivity index (χ3v) is 1.24. The molecule has 0 saturated heterocycles. The summed E-state index contributed by atoms with van der Waals surface area (Å²) in [6.45, 7) is 0. The van der Waals surface area contributed by atoms with Gasteiger partial charge >= 0.3 is 0 Å². The fourth-order valence-corrected chi connectivity index (χ4v) is 0.713. The monoisotopic (exact) mass is 138 g/mol. The molecule has 0 unspecified atom stereocenters. The molecule has 1 rings (SSSR count). The smallest absolute Gasteiger partial charge is 0.120 e. The van der Waals surface area contributed by atoms with Crippen molar-refractivity contribution in [2.24, 2.45) is 0 Å². The molecule has 10 heavy (non-hydrogen) atoms. The summed E-state index contributed by atoms with van der Waals surface area (Å²) in [4.78, 5) is 0. The van der Waals surface area contributed by atoms with Crippen LogP contribution < -0.4 is 4.74 Å². The van der Waals surface area contributed by atoms with Gasteiger partial charge in [0.2, 0.25) is 0 Å². The summed E-state index contributed by atoms with van der Waals surface area (Å²) in [5.41, 5.74) is 0.847. The van der Waals surface area contributed by atoms with E-state index in [4.69, 9.17) is 11.2 Å². The standard InChI is InChI=1S/C9H8O/c1-3-8-5-4-6-9(7-8)10-2/h1,4-7H,2H3/i4+1,5+1,6+1,7+1,8+1,9+1. The van der Waals surface area contributed by atoms with Gasteiger partial charge in [-0.25, -0.2) is 0 Å². The third-order valence-electron chi connectivity index (χ3n) is 1.24. The van der Waals surface area contributed by atoms with Crippen molar-refractivity contribution in [3.63, 3.8) is 0 Å². The van der Waals surface area contributed by atoms with E-state index in [1.54, 1.807) is 7.11 Å². The largest absolute Gasteiger partial charge is 0.497 e. The maximum absolute atomic E-state index is 5.17. The van der Waals surface area contributed by atoms with Crippen molar-refractivity contribution in [2.75, 3.05) is 7.11 Å². The van der Waals surface area contributed by atoms with Gasteiger partial charge in [-0.2, -0.15) is 0 Å². The molecule has 1 heteroatoms. The Kier molecular flexibility index (Phi) is 1.96. The highest BCUT2D eigenvalue weighted by atomic mass is 16.5. The van der Waals surface area contributed by atoms with Gasteiger partial charge in [0.05, 0.1) is 7.11 Å². The zero-order valence-corrected chi connectivity index (χ0v) is 5.79. The molecule has 50 valence electrons. The van der Waals surface area contributed by atoms with Crippen molar-refractivity contribution >= 4 is 0 Å². The highest BCUT2D eigenvalue weighted by molar-refractivity contribution is 5.38. The molecule has 0 amide bonds. The number of hydrogen-bond donors (Lipinski definition) is 0. The molecule has 0 N–H and O–H groups in total. The quantitative estimate of drug-likeness (QED) is 0.536. The number of methoxy groups -OCH3 is 1. The average molecular weight is 138 g/mol. The maximum atomic E-state index is 5.17. The minimum Gasteiger partial charge on any atom is -0.497 e. The molecule has 0 aliphatic rings. The predicted molar refractivity (Wildman–Crippen MR) is 40.9 cm³/mol. The highest BCUT2D eigenvalue weighted by Crippen LogP contribution is 2.10. The van der Waals surface area contributed by atoms with Crippen LogP contribution in [0.2, 0.25) is 0 Å². The van der Waals surface area contributed by atoms with Crippen molar-refractivity contribution < 1.29 is 4.74 Å². The van der Waals surface area contributed by atoms with Gasteiger partial charge in [0.25, 0.3) is 0 Å². The lowest BCUT2D eigenvalue weighted by Crippen LogP contribution is -1.82. The fourth-order valence-electron chi connectivity index (χ4n) is 0.713. The summed E-state index contributed by atoms with van der Waals surface area (Å²) in [5.74, 6) is 3.32. The Labute approximate surface area is 60.6 Å². The first-order valence-electron chi connectivity index (χ1n) is 2.97. The SMILES string of the molecule is C#C[13c]1[13cH][13cH][13cH][13c](OC)[13cH]1. The van der Waals surface area contributed by atoms with E-state index in [2.05, 4.69) is 5.92 Å². The second-order valence-electron chi connectivity index (χ2n) is 1.88. The van der Waals surface area contributed by atoms with E-state index < -0.39 is 0 Å². The lowest BCUT2D eigenvalue weighted by atomic mass is 10.9. The number of ether oxygens (including phenoxy) is 1. The van der Waals surface area contributed by atoms with Gasteiger partial charge in [0.15, 0.2) is 0 Å². The molecule has 0 aromatic heterocycles. The van der Waals surface area contributed by atoms with Crippen molar-refractivity contribution in [1.82, 2.24) is 0 Å². The minimum absolute atomic E-state index is 0.801. The van der Waals surface area contributed by atoms with Gasteiger partial charge in [-0.3, -0.25) is 0 Å². The van der Waals surface area contributed by atoms with Crippen molar-refractivity contribution in [1.29, 1.82) is 0 Å². The van der Waals surface area contributed by atoms with E-state index in [0.29, 0.717) is 0 Å². The lowest BCUT2D eigenvalue weighted by Gasteiger charge is -1.97. The predicted octanol–water partition coefficient (Wildman–Crippen LogP) is 1.68. The van der Waals surface area contributed by atoms with Crippen LogP contribution in [-0.4, -0.2) is 7.11 Å². The molecule has 0 aliphatic carbocycles. The Morgan fingerprint density at radius 1 is 1.50 bits per heavy atom. The molecule has 0 saturated carbocycles. The maximum Gasteiger partial charge on any atom is 0.120 e. The molecule has 1 nitrogen and oxygen atoms in total. The summed E-state index contributed by atoms with van der Waals surface area (Å²) in [6, 6.07) is 7.41. The molecule has 0 radical (unpaired) electrons. The first-order valence-corrected chi connectivity index (χ1v) is 2.97. The van der Waals surface area contributed by atoms with E-state index in [1.807, 2.05) is 24.3 Å². The van der Waals surface area contributed by atoms with Gasteiger partial charge < -0.3 is 4.74 Å². The van der Waals surface area contributed by atoms with Gasteiger partial charge in [0, 0.05) is 5.56 Å². The van der Waals surface area contributed by atoms with Crippen LogP contribution in [0.5, 0.6) is 5.75 Å². The van der Waals surface area contributed by atoms with Gasteiger partial charge in [-0.15, -0.1) is 6.42 Å². The Balaban J connectivity index is 3.01. The summed E-state index contributed by atoms with van der Waals surface area (Å²) >= 11 is 0. The summed E-state index contributed by atoms with van der Waals surface area (Å²) < 4.78 is 4.96. The topological polar surface area (TPSA) is 9.23 Å². The van der Waals surface area contributed by atoms with E-state index in [0.717, 1.165) is 11.3 Å². The van der Waals surface area contributed by atoms with Crippen molar-refractivity contribution in [3.05, 3.63) is 29.8 Å².